The van der Waals surface area contributed by atoms with E-state index in [0.717, 1.165) is 24.2 Å². The van der Waals surface area contributed by atoms with Crippen LogP contribution in [0.2, 0.25) is 0 Å². The molecule has 0 saturated carbocycles. The van der Waals surface area contributed by atoms with E-state index >= 15 is 0 Å². The second kappa shape index (κ2) is 9.67. The highest BCUT2D eigenvalue weighted by molar-refractivity contribution is 7.89. The molecule has 0 aliphatic carbocycles. The van der Waals surface area contributed by atoms with Gasteiger partial charge < -0.3 is 9.64 Å². The van der Waals surface area contributed by atoms with Gasteiger partial charge in [-0.25, -0.2) is 18.4 Å². The zero-order valence-electron chi connectivity index (χ0n) is 18.6. The van der Waals surface area contributed by atoms with Crippen LogP contribution in [-0.2, 0) is 16.4 Å². The molecule has 1 saturated heterocycles. The van der Waals surface area contributed by atoms with E-state index in [1.54, 1.807) is 53.0 Å². The van der Waals surface area contributed by atoms with Crippen LogP contribution < -0.4 is 4.74 Å². The Balaban J connectivity index is 1.51. The van der Waals surface area contributed by atoms with Gasteiger partial charge in [0.05, 0.1) is 23.3 Å². The summed E-state index contributed by atoms with van der Waals surface area (Å²) < 4.78 is 32.6. The highest BCUT2D eigenvalue weighted by Crippen LogP contribution is 2.25. The number of rotatable bonds is 6. The number of nitriles is 1. The van der Waals surface area contributed by atoms with Crippen molar-refractivity contribution in [1.29, 1.82) is 5.26 Å². The Morgan fingerprint density at radius 1 is 1.06 bits per heavy atom. The van der Waals surface area contributed by atoms with E-state index in [4.69, 9.17) is 4.74 Å². The molecule has 2 aromatic carbocycles. The lowest BCUT2D eigenvalue weighted by Gasteiger charge is -2.31. The van der Waals surface area contributed by atoms with Gasteiger partial charge in [-0.05, 0) is 49.0 Å². The number of aromatic nitrogens is 2. The zero-order valence-corrected chi connectivity index (χ0v) is 19.4. The predicted molar refractivity (Wildman–Crippen MR) is 124 cm³/mol. The van der Waals surface area contributed by atoms with Gasteiger partial charge in [-0.3, -0.25) is 0 Å². The number of ether oxygens (including phenoxy) is 1. The van der Waals surface area contributed by atoms with Crippen molar-refractivity contribution in [2.75, 3.05) is 40.3 Å². The second-order valence-corrected chi connectivity index (χ2v) is 9.85. The van der Waals surface area contributed by atoms with Crippen LogP contribution in [0.3, 0.4) is 0 Å². The Hall–Kier alpha value is -3.32. The fraction of sp³-hybridized carbons (Fsp3) is 0.292. The van der Waals surface area contributed by atoms with Crippen LogP contribution in [0, 0.1) is 11.3 Å². The lowest BCUT2D eigenvalue weighted by Crippen LogP contribution is -2.46. The molecule has 3 aromatic rings. The van der Waals surface area contributed by atoms with Crippen LogP contribution in [0.5, 0.6) is 5.75 Å². The molecule has 0 unspecified atom stereocenters. The minimum Gasteiger partial charge on any atom is -0.495 e. The molecule has 9 heteroatoms. The average molecular weight is 464 g/mol. The van der Waals surface area contributed by atoms with Gasteiger partial charge in [-0.1, -0.05) is 12.1 Å². The highest BCUT2D eigenvalue weighted by Gasteiger charge is 2.27. The molecule has 170 valence electrons. The van der Waals surface area contributed by atoms with Gasteiger partial charge in [0.25, 0.3) is 0 Å². The highest BCUT2D eigenvalue weighted by atomic mass is 32.2. The number of hydrogen-bond donors (Lipinski definition) is 0. The zero-order chi connectivity index (χ0) is 23.4. The van der Waals surface area contributed by atoms with Crippen LogP contribution in [-0.4, -0.2) is 67.9 Å². The Morgan fingerprint density at radius 3 is 2.45 bits per heavy atom. The van der Waals surface area contributed by atoms with Crippen molar-refractivity contribution >= 4 is 10.0 Å². The largest absolute Gasteiger partial charge is 0.495 e. The fourth-order valence-electron chi connectivity index (χ4n) is 3.74. The third-order valence-electron chi connectivity index (χ3n) is 5.71. The van der Waals surface area contributed by atoms with Gasteiger partial charge in [0.15, 0.2) is 0 Å². The first-order valence-electron chi connectivity index (χ1n) is 10.6. The van der Waals surface area contributed by atoms with Crippen LogP contribution >= 0.6 is 0 Å². The standard InChI is InChI=1S/C24H25N5O3S/c1-28-11-13-29(14-12-28)33(30,31)21-6-3-18(4-7-21)15-24-26-10-9-22(27-24)19-5-8-23(32-2)20(16-19)17-25/h3-10,16H,11-15H2,1-2H3. The average Bonchev–Trinajstić information content (AvgIpc) is 2.84. The van der Waals surface area contributed by atoms with Gasteiger partial charge >= 0.3 is 0 Å². The number of likely N-dealkylation sites (N-methyl/N-ethyl adjacent to an activating group) is 1. The summed E-state index contributed by atoms with van der Waals surface area (Å²) in [5.41, 5.74) is 2.85. The maximum atomic E-state index is 12.9. The number of benzene rings is 2. The summed E-state index contributed by atoms with van der Waals surface area (Å²) in [6.45, 7) is 2.46. The van der Waals surface area contributed by atoms with E-state index in [1.165, 1.54) is 7.11 Å². The molecule has 0 bridgehead atoms. The minimum absolute atomic E-state index is 0.299. The number of sulfonamides is 1. The summed E-state index contributed by atoms with van der Waals surface area (Å²) in [5, 5.41) is 9.33. The summed E-state index contributed by atoms with van der Waals surface area (Å²) in [7, 11) is 0.0296. The summed E-state index contributed by atoms with van der Waals surface area (Å²) in [6.07, 6.45) is 2.14. The Labute approximate surface area is 194 Å². The number of piperazine rings is 1. The van der Waals surface area contributed by atoms with Crippen LogP contribution in [0.1, 0.15) is 17.0 Å². The lowest BCUT2D eigenvalue weighted by molar-refractivity contribution is 0.222. The molecule has 2 heterocycles. The molecule has 0 radical (unpaired) electrons. The van der Waals surface area contributed by atoms with E-state index in [1.807, 2.05) is 13.1 Å². The predicted octanol–water partition coefficient (Wildman–Crippen LogP) is 2.55. The van der Waals surface area contributed by atoms with Gasteiger partial charge in [0.1, 0.15) is 17.6 Å². The third kappa shape index (κ3) is 5.03. The molecular weight excluding hydrogens is 438 g/mol. The molecule has 33 heavy (non-hydrogen) atoms. The summed E-state index contributed by atoms with van der Waals surface area (Å²) in [5.74, 6) is 1.12. The van der Waals surface area contributed by atoms with Gasteiger partial charge in [0, 0.05) is 44.4 Å². The van der Waals surface area contributed by atoms with Crippen molar-refractivity contribution in [3.63, 3.8) is 0 Å². The molecule has 1 aliphatic rings. The first-order valence-corrected chi connectivity index (χ1v) is 12.0. The first-order chi connectivity index (χ1) is 15.9. The van der Waals surface area contributed by atoms with E-state index in [0.29, 0.717) is 47.2 Å². The molecule has 0 spiro atoms. The molecule has 1 aromatic heterocycles. The van der Waals surface area contributed by atoms with Crippen LogP contribution in [0.25, 0.3) is 11.3 Å². The second-order valence-electron chi connectivity index (χ2n) is 7.91. The molecule has 1 aliphatic heterocycles. The van der Waals surface area contributed by atoms with Crippen molar-refractivity contribution < 1.29 is 13.2 Å². The van der Waals surface area contributed by atoms with E-state index < -0.39 is 10.0 Å². The summed E-state index contributed by atoms with van der Waals surface area (Å²) in [6, 6.07) is 16.2. The smallest absolute Gasteiger partial charge is 0.243 e. The lowest BCUT2D eigenvalue weighted by atomic mass is 10.1. The number of hydrogen-bond acceptors (Lipinski definition) is 7. The normalized spacial score (nSPS) is 15.2. The van der Waals surface area contributed by atoms with Crippen LogP contribution in [0.15, 0.2) is 59.6 Å². The van der Waals surface area contributed by atoms with E-state index in [-0.39, 0.29) is 0 Å². The van der Waals surface area contributed by atoms with Gasteiger partial charge in [0.2, 0.25) is 10.0 Å². The molecule has 0 amide bonds. The van der Waals surface area contributed by atoms with E-state index in [2.05, 4.69) is 20.9 Å². The van der Waals surface area contributed by atoms with E-state index in [9.17, 15) is 13.7 Å². The quantitative estimate of drug-likeness (QED) is 0.554. The van der Waals surface area contributed by atoms with Crippen molar-refractivity contribution in [3.8, 4) is 23.1 Å². The number of nitrogens with zero attached hydrogens (tertiary/aromatic N) is 5. The Morgan fingerprint density at radius 2 is 1.79 bits per heavy atom. The maximum absolute atomic E-state index is 12.9. The van der Waals surface area contributed by atoms with Gasteiger partial charge in [-0.2, -0.15) is 9.57 Å². The van der Waals surface area contributed by atoms with Crippen molar-refractivity contribution in [2.24, 2.45) is 0 Å². The van der Waals surface area contributed by atoms with Crippen molar-refractivity contribution in [2.45, 2.75) is 11.3 Å². The molecular formula is C24H25N5O3S. The Kier molecular flexibility index (Phi) is 6.70. The molecule has 4 rings (SSSR count). The monoisotopic (exact) mass is 463 g/mol. The van der Waals surface area contributed by atoms with Crippen molar-refractivity contribution in [3.05, 3.63) is 71.7 Å². The van der Waals surface area contributed by atoms with Gasteiger partial charge in [-0.15, -0.1) is 0 Å². The third-order valence-corrected chi connectivity index (χ3v) is 7.62. The van der Waals surface area contributed by atoms with Crippen molar-refractivity contribution in [1.82, 2.24) is 19.2 Å². The maximum Gasteiger partial charge on any atom is 0.243 e. The summed E-state index contributed by atoms with van der Waals surface area (Å²) in [4.78, 5) is 11.4. The summed E-state index contributed by atoms with van der Waals surface area (Å²) >= 11 is 0. The first kappa shape index (κ1) is 22.9. The fourth-order valence-corrected chi connectivity index (χ4v) is 5.16. The number of methoxy groups -OCH3 is 1. The van der Waals surface area contributed by atoms with Crippen LogP contribution in [0.4, 0.5) is 0 Å². The molecule has 0 atom stereocenters. The topological polar surface area (TPSA) is 99.4 Å². The molecule has 1 fully saturated rings. The molecule has 8 nitrogen and oxygen atoms in total. The Bertz CT molecular complexity index is 1280. The SMILES string of the molecule is COc1ccc(-c2ccnc(Cc3ccc(S(=O)(=O)N4CCN(C)CC4)cc3)n2)cc1C#N. The minimum atomic E-state index is -3.49. The molecule has 0 N–H and O–H groups in total.